The van der Waals surface area contributed by atoms with Gasteiger partial charge in [-0.2, -0.15) is 0 Å². The van der Waals surface area contributed by atoms with Gasteiger partial charge in [0.1, 0.15) is 0 Å². The highest BCUT2D eigenvalue weighted by molar-refractivity contribution is 5.37. The Morgan fingerprint density at radius 2 is 1.92 bits per heavy atom. The molecule has 0 fully saturated rings. The normalized spacial score (nSPS) is 14.6. The van der Waals surface area contributed by atoms with E-state index >= 15 is 0 Å². The first-order chi connectivity index (χ1) is 6.36. The van der Waals surface area contributed by atoms with Crippen LogP contribution in [0.1, 0.15) is 18.4 Å². The summed E-state index contributed by atoms with van der Waals surface area (Å²) in [6.07, 6.45) is 5.76. The molecule has 1 aliphatic carbocycles. The van der Waals surface area contributed by atoms with Crippen LogP contribution in [0.25, 0.3) is 0 Å². The summed E-state index contributed by atoms with van der Waals surface area (Å²) in [4.78, 5) is 0. The van der Waals surface area contributed by atoms with Gasteiger partial charge in [-0.3, -0.25) is 0 Å². The van der Waals surface area contributed by atoms with Gasteiger partial charge in [-0.05, 0) is 36.0 Å². The Kier molecular flexibility index (Phi) is 2.31. The Bertz CT molecular complexity index is 330. The highest BCUT2D eigenvalue weighted by Gasteiger charge is 2.09. The van der Waals surface area contributed by atoms with Crippen molar-refractivity contribution >= 4 is 0 Å². The molecule has 0 unspecified atom stereocenters. The van der Waals surface area contributed by atoms with Crippen molar-refractivity contribution in [3.05, 3.63) is 59.7 Å². The summed E-state index contributed by atoms with van der Waals surface area (Å²) in [5, 5.41) is 0. The van der Waals surface area contributed by atoms with Gasteiger partial charge in [0, 0.05) is 0 Å². The number of allylic oxidation sites excluding steroid dienone is 3. The lowest BCUT2D eigenvalue weighted by atomic mass is 9.89. The molecule has 0 heterocycles. The molecule has 0 atom stereocenters. The third-order valence-corrected chi connectivity index (χ3v) is 2.52. The van der Waals surface area contributed by atoms with E-state index in [0.717, 1.165) is 6.42 Å². The number of rotatable bonds is 3. The van der Waals surface area contributed by atoms with Crippen LogP contribution in [0.2, 0.25) is 0 Å². The predicted molar refractivity (Wildman–Crippen MR) is 56.6 cm³/mol. The first kappa shape index (κ1) is 8.31. The fourth-order valence-electron chi connectivity index (χ4n) is 1.57. The molecule has 0 saturated heterocycles. The molecular weight excluding hydrogens is 156 g/mol. The van der Waals surface area contributed by atoms with E-state index in [1.54, 1.807) is 0 Å². The third kappa shape index (κ3) is 1.89. The maximum absolute atomic E-state index is 4.10. The van der Waals surface area contributed by atoms with Crippen molar-refractivity contribution in [2.75, 3.05) is 0 Å². The standard InChI is InChI=1S/C13H14/c1-11(13-8-5-9-13)10-12-6-3-2-4-7-12/h2-4,6-8H,1,5,9-10H2. The third-order valence-electron chi connectivity index (χ3n) is 2.52. The zero-order valence-corrected chi connectivity index (χ0v) is 7.79. The van der Waals surface area contributed by atoms with E-state index in [0.29, 0.717) is 0 Å². The molecule has 0 amide bonds. The molecule has 0 spiro atoms. The molecule has 0 N–H and O–H groups in total. The van der Waals surface area contributed by atoms with Crippen molar-refractivity contribution < 1.29 is 0 Å². The molecule has 0 bridgehead atoms. The largest absolute Gasteiger partial charge is 0.0952 e. The lowest BCUT2D eigenvalue weighted by Gasteiger charge is -2.16. The SMILES string of the molecule is C=C(Cc1ccccc1)C1=CCC1. The van der Waals surface area contributed by atoms with E-state index in [4.69, 9.17) is 0 Å². The van der Waals surface area contributed by atoms with Crippen molar-refractivity contribution in [1.29, 1.82) is 0 Å². The Balaban J connectivity index is 2.02. The topological polar surface area (TPSA) is 0 Å². The van der Waals surface area contributed by atoms with Gasteiger partial charge in [-0.25, -0.2) is 0 Å². The summed E-state index contributed by atoms with van der Waals surface area (Å²) in [6.45, 7) is 4.10. The Morgan fingerprint density at radius 3 is 2.46 bits per heavy atom. The summed E-state index contributed by atoms with van der Waals surface area (Å²) >= 11 is 0. The Hall–Kier alpha value is -1.30. The van der Waals surface area contributed by atoms with Crippen LogP contribution in [0.3, 0.4) is 0 Å². The molecule has 1 aliphatic rings. The van der Waals surface area contributed by atoms with Gasteiger partial charge in [0.15, 0.2) is 0 Å². The van der Waals surface area contributed by atoms with Crippen molar-refractivity contribution in [2.45, 2.75) is 19.3 Å². The van der Waals surface area contributed by atoms with Gasteiger partial charge in [-0.1, -0.05) is 43.0 Å². The minimum atomic E-state index is 1.01. The zero-order valence-electron chi connectivity index (χ0n) is 7.79. The van der Waals surface area contributed by atoms with Crippen LogP contribution in [0, 0.1) is 0 Å². The number of benzene rings is 1. The molecule has 0 heteroatoms. The molecule has 0 nitrogen and oxygen atoms in total. The lowest BCUT2D eigenvalue weighted by molar-refractivity contribution is 0.870. The second-order valence-electron chi connectivity index (χ2n) is 3.53. The van der Waals surface area contributed by atoms with Crippen molar-refractivity contribution in [3.63, 3.8) is 0 Å². The molecule has 0 aliphatic heterocycles. The minimum absolute atomic E-state index is 1.01. The molecule has 0 aromatic heterocycles. The van der Waals surface area contributed by atoms with Gasteiger partial charge in [-0.15, -0.1) is 0 Å². The summed E-state index contributed by atoms with van der Waals surface area (Å²) in [6, 6.07) is 10.5. The summed E-state index contributed by atoms with van der Waals surface area (Å²) in [7, 11) is 0. The monoisotopic (exact) mass is 170 g/mol. The Morgan fingerprint density at radius 1 is 1.23 bits per heavy atom. The maximum Gasteiger partial charge on any atom is -0.00290 e. The van der Waals surface area contributed by atoms with Crippen LogP contribution in [0.15, 0.2) is 54.1 Å². The minimum Gasteiger partial charge on any atom is -0.0952 e. The second-order valence-corrected chi connectivity index (χ2v) is 3.53. The molecular formula is C13H14. The quantitative estimate of drug-likeness (QED) is 0.651. The van der Waals surface area contributed by atoms with Gasteiger partial charge in [0.25, 0.3) is 0 Å². The first-order valence-corrected chi connectivity index (χ1v) is 4.77. The van der Waals surface area contributed by atoms with Gasteiger partial charge in [0.2, 0.25) is 0 Å². The second kappa shape index (κ2) is 3.61. The fraction of sp³-hybridized carbons (Fsp3) is 0.231. The summed E-state index contributed by atoms with van der Waals surface area (Å²) in [5.74, 6) is 0. The fourth-order valence-corrected chi connectivity index (χ4v) is 1.57. The Labute approximate surface area is 79.6 Å². The molecule has 1 aromatic rings. The van der Waals surface area contributed by atoms with Gasteiger partial charge >= 0.3 is 0 Å². The van der Waals surface area contributed by atoms with Gasteiger partial charge < -0.3 is 0 Å². The van der Waals surface area contributed by atoms with E-state index in [1.807, 2.05) is 0 Å². The number of hydrogen-bond acceptors (Lipinski definition) is 0. The van der Waals surface area contributed by atoms with Gasteiger partial charge in [0.05, 0.1) is 0 Å². The zero-order chi connectivity index (χ0) is 9.10. The van der Waals surface area contributed by atoms with Crippen molar-refractivity contribution in [2.24, 2.45) is 0 Å². The highest BCUT2D eigenvalue weighted by atomic mass is 14.1. The van der Waals surface area contributed by atoms with E-state index in [1.165, 1.54) is 29.6 Å². The smallest absolute Gasteiger partial charge is 0.00290 e. The molecule has 13 heavy (non-hydrogen) atoms. The van der Waals surface area contributed by atoms with E-state index in [2.05, 4.69) is 43.0 Å². The van der Waals surface area contributed by atoms with E-state index < -0.39 is 0 Å². The van der Waals surface area contributed by atoms with Crippen LogP contribution < -0.4 is 0 Å². The van der Waals surface area contributed by atoms with Crippen LogP contribution >= 0.6 is 0 Å². The molecule has 2 rings (SSSR count). The maximum atomic E-state index is 4.10. The lowest BCUT2D eigenvalue weighted by Crippen LogP contribution is -1.99. The first-order valence-electron chi connectivity index (χ1n) is 4.77. The predicted octanol–water partition coefficient (Wildman–Crippen LogP) is 3.51. The highest BCUT2D eigenvalue weighted by Crippen LogP contribution is 2.26. The number of hydrogen-bond donors (Lipinski definition) is 0. The van der Waals surface area contributed by atoms with Crippen LogP contribution in [-0.4, -0.2) is 0 Å². The van der Waals surface area contributed by atoms with Crippen molar-refractivity contribution in [3.8, 4) is 0 Å². The van der Waals surface area contributed by atoms with Crippen LogP contribution in [0.4, 0.5) is 0 Å². The summed E-state index contributed by atoms with van der Waals surface area (Å²) in [5.41, 5.74) is 4.11. The molecule has 1 aromatic carbocycles. The van der Waals surface area contributed by atoms with Crippen LogP contribution in [0.5, 0.6) is 0 Å². The van der Waals surface area contributed by atoms with E-state index in [9.17, 15) is 0 Å². The molecule has 66 valence electrons. The van der Waals surface area contributed by atoms with E-state index in [-0.39, 0.29) is 0 Å². The average molecular weight is 170 g/mol. The average Bonchev–Trinajstić information content (AvgIpc) is 2.02. The molecule has 0 radical (unpaired) electrons. The van der Waals surface area contributed by atoms with Crippen LogP contribution in [-0.2, 0) is 6.42 Å². The summed E-state index contributed by atoms with van der Waals surface area (Å²) < 4.78 is 0. The molecule has 0 saturated carbocycles. The van der Waals surface area contributed by atoms with Crippen molar-refractivity contribution in [1.82, 2.24) is 0 Å².